The van der Waals surface area contributed by atoms with Gasteiger partial charge in [-0.1, -0.05) is 0 Å². The maximum Gasteiger partial charge on any atom is 0.311 e. The molecule has 0 aliphatic heterocycles. The Labute approximate surface area is 96.2 Å². The minimum atomic E-state index is -0.657. The topological polar surface area (TPSA) is 46.5 Å². The molecule has 89 valence electrons. The van der Waals surface area contributed by atoms with Crippen LogP contribution in [0.5, 0.6) is 0 Å². The Morgan fingerprint density at radius 2 is 2.06 bits per heavy atom. The van der Waals surface area contributed by atoms with E-state index >= 15 is 0 Å². The zero-order valence-electron chi connectivity index (χ0n) is 9.79. The summed E-state index contributed by atoms with van der Waals surface area (Å²) in [4.78, 5) is 12.0. The summed E-state index contributed by atoms with van der Waals surface area (Å²) < 4.78 is 4.95. The molecule has 4 unspecified atom stereocenters. The summed E-state index contributed by atoms with van der Waals surface area (Å²) in [6, 6.07) is 0. The van der Waals surface area contributed by atoms with E-state index in [1.165, 1.54) is 7.11 Å². The molecule has 4 fully saturated rings. The number of esters is 1. The Balaban J connectivity index is 2.01. The van der Waals surface area contributed by atoms with E-state index in [2.05, 4.69) is 6.92 Å². The van der Waals surface area contributed by atoms with Crippen LogP contribution in [0.25, 0.3) is 0 Å². The van der Waals surface area contributed by atoms with E-state index in [9.17, 15) is 9.90 Å². The second kappa shape index (κ2) is 2.81. The smallest absolute Gasteiger partial charge is 0.311 e. The molecule has 3 heteroatoms. The van der Waals surface area contributed by atoms with Crippen molar-refractivity contribution in [1.29, 1.82) is 0 Å². The lowest BCUT2D eigenvalue weighted by atomic mass is 9.43. The van der Waals surface area contributed by atoms with Crippen LogP contribution in [0.2, 0.25) is 0 Å². The lowest BCUT2D eigenvalue weighted by Gasteiger charge is -2.62. The zero-order valence-corrected chi connectivity index (χ0v) is 9.79. The molecule has 1 radical (unpaired) electrons. The molecule has 4 rings (SSSR count). The molecule has 4 saturated carbocycles. The highest BCUT2D eigenvalue weighted by Gasteiger charge is 2.64. The van der Waals surface area contributed by atoms with Crippen LogP contribution in [-0.2, 0) is 9.53 Å². The van der Waals surface area contributed by atoms with Gasteiger partial charge in [0, 0.05) is 0 Å². The van der Waals surface area contributed by atoms with Crippen LogP contribution >= 0.6 is 0 Å². The maximum atomic E-state index is 12.0. The average molecular weight is 223 g/mol. The predicted octanol–water partition coefficient (Wildman–Crippen LogP) is 1.69. The maximum absolute atomic E-state index is 12.0. The van der Waals surface area contributed by atoms with Gasteiger partial charge in [0.05, 0.1) is 18.1 Å². The first-order valence-electron chi connectivity index (χ1n) is 6.05. The summed E-state index contributed by atoms with van der Waals surface area (Å²) >= 11 is 0. The number of hydrogen-bond acceptors (Lipinski definition) is 3. The Hall–Kier alpha value is -0.570. The van der Waals surface area contributed by atoms with E-state index in [1.807, 2.05) is 0 Å². The van der Waals surface area contributed by atoms with Crippen LogP contribution in [0.15, 0.2) is 0 Å². The van der Waals surface area contributed by atoms with Gasteiger partial charge in [0.2, 0.25) is 0 Å². The zero-order chi connectivity index (χ0) is 11.6. The molecule has 4 aliphatic rings. The minimum absolute atomic E-state index is 0.0949. The number of carbonyl (C=O) groups is 1. The SMILES string of the molecule is [CH2]C12CC3CC(O)(C1)CC(C(=O)OC)(C3)C2. The van der Waals surface area contributed by atoms with E-state index in [0.29, 0.717) is 12.3 Å². The van der Waals surface area contributed by atoms with E-state index in [1.54, 1.807) is 0 Å². The summed E-state index contributed by atoms with van der Waals surface area (Å²) in [7, 11) is 1.45. The first-order valence-corrected chi connectivity index (χ1v) is 6.05. The monoisotopic (exact) mass is 223 g/mol. The fraction of sp³-hybridized carbons (Fsp3) is 0.846. The second-order valence-corrected chi connectivity index (χ2v) is 6.50. The van der Waals surface area contributed by atoms with E-state index in [-0.39, 0.29) is 11.4 Å². The van der Waals surface area contributed by atoms with Crippen molar-refractivity contribution in [3.63, 3.8) is 0 Å². The summed E-state index contributed by atoms with van der Waals surface area (Å²) in [6.07, 6.45) is 4.94. The largest absolute Gasteiger partial charge is 0.469 e. The van der Waals surface area contributed by atoms with Gasteiger partial charge in [0.15, 0.2) is 0 Å². The minimum Gasteiger partial charge on any atom is -0.469 e. The fourth-order valence-electron chi connectivity index (χ4n) is 5.03. The summed E-state index contributed by atoms with van der Waals surface area (Å²) in [5.74, 6) is 0.320. The molecule has 0 aromatic carbocycles. The third-order valence-electron chi connectivity index (χ3n) is 4.77. The fourth-order valence-corrected chi connectivity index (χ4v) is 5.03. The van der Waals surface area contributed by atoms with Gasteiger partial charge in [0.1, 0.15) is 0 Å². The molecule has 4 bridgehead atoms. The molecule has 1 N–H and O–H groups in total. The normalized spacial score (nSPS) is 54.1. The summed E-state index contributed by atoms with van der Waals surface area (Å²) in [5.41, 5.74) is -1.19. The molecule has 0 heterocycles. The van der Waals surface area contributed by atoms with Gasteiger partial charge in [0.25, 0.3) is 0 Å². The van der Waals surface area contributed by atoms with Gasteiger partial charge in [-0.05, 0) is 56.8 Å². The summed E-state index contributed by atoms with van der Waals surface area (Å²) in [6.45, 7) is 4.27. The predicted molar refractivity (Wildman–Crippen MR) is 58.4 cm³/mol. The highest BCUT2D eigenvalue weighted by Crippen LogP contribution is 2.66. The van der Waals surface area contributed by atoms with Gasteiger partial charge < -0.3 is 9.84 Å². The van der Waals surface area contributed by atoms with Gasteiger partial charge in [-0.3, -0.25) is 4.79 Å². The van der Waals surface area contributed by atoms with Crippen molar-refractivity contribution in [2.45, 2.75) is 44.1 Å². The van der Waals surface area contributed by atoms with Crippen molar-refractivity contribution in [1.82, 2.24) is 0 Å². The molecular weight excluding hydrogens is 204 g/mol. The van der Waals surface area contributed by atoms with Crippen LogP contribution in [0, 0.1) is 23.7 Å². The first-order chi connectivity index (χ1) is 7.39. The molecule has 0 aromatic heterocycles. The Morgan fingerprint density at radius 1 is 1.31 bits per heavy atom. The number of carbonyl (C=O) groups excluding carboxylic acids is 1. The van der Waals surface area contributed by atoms with Crippen molar-refractivity contribution in [3.05, 3.63) is 6.92 Å². The number of methoxy groups -OCH3 is 1. The lowest BCUT2D eigenvalue weighted by molar-refractivity contribution is -0.206. The van der Waals surface area contributed by atoms with Crippen molar-refractivity contribution in [3.8, 4) is 0 Å². The van der Waals surface area contributed by atoms with E-state index in [0.717, 1.165) is 32.1 Å². The van der Waals surface area contributed by atoms with E-state index in [4.69, 9.17) is 4.74 Å². The standard InChI is InChI=1S/C13H19O3/c1-11-3-9-4-12(6-11,10(14)16-2)8-13(15,5-9)7-11/h9,15H,1,3-8H2,2H3. The Morgan fingerprint density at radius 3 is 2.62 bits per heavy atom. The molecule has 3 nitrogen and oxygen atoms in total. The molecule has 0 aromatic rings. The number of rotatable bonds is 1. The van der Waals surface area contributed by atoms with Crippen LogP contribution in [0.4, 0.5) is 0 Å². The van der Waals surface area contributed by atoms with Crippen LogP contribution < -0.4 is 0 Å². The highest BCUT2D eigenvalue weighted by atomic mass is 16.5. The quantitative estimate of drug-likeness (QED) is 0.688. The van der Waals surface area contributed by atoms with Crippen molar-refractivity contribution in [2.24, 2.45) is 16.7 Å². The second-order valence-electron chi connectivity index (χ2n) is 6.50. The van der Waals surface area contributed by atoms with Gasteiger partial charge in [-0.2, -0.15) is 0 Å². The molecule has 16 heavy (non-hydrogen) atoms. The van der Waals surface area contributed by atoms with Crippen LogP contribution in [-0.4, -0.2) is 23.8 Å². The number of hydrogen-bond donors (Lipinski definition) is 1. The van der Waals surface area contributed by atoms with Crippen molar-refractivity contribution in [2.75, 3.05) is 7.11 Å². The van der Waals surface area contributed by atoms with Gasteiger partial charge in [-0.25, -0.2) is 0 Å². The number of ether oxygens (including phenoxy) is 1. The van der Waals surface area contributed by atoms with Crippen LogP contribution in [0.1, 0.15) is 38.5 Å². The third-order valence-corrected chi connectivity index (χ3v) is 4.77. The third kappa shape index (κ3) is 1.27. The number of aliphatic hydroxyl groups is 1. The molecule has 4 atom stereocenters. The van der Waals surface area contributed by atoms with Gasteiger partial charge >= 0.3 is 5.97 Å². The molecule has 0 spiro atoms. The van der Waals surface area contributed by atoms with Crippen molar-refractivity contribution >= 4 is 5.97 Å². The molecule has 0 saturated heterocycles. The lowest BCUT2D eigenvalue weighted by Crippen LogP contribution is -2.61. The van der Waals surface area contributed by atoms with Crippen molar-refractivity contribution < 1.29 is 14.6 Å². The van der Waals surface area contributed by atoms with Gasteiger partial charge in [-0.15, -0.1) is 0 Å². The molecule has 4 aliphatic carbocycles. The average Bonchev–Trinajstić information content (AvgIpc) is 2.10. The van der Waals surface area contributed by atoms with E-state index < -0.39 is 11.0 Å². The Kier molecular flexibility index (Phi) is 1.86. The Bertz CT molecular complexity index is 331. The first kappa shape index (κ1) is 10.6. The molecular formula is C13H19O3. The molecule has 0 amide bonds. The van der Waals surface area contributed by atoms with Crippen LogP contribution in [0.3, 0.4) is 0 Å². The highest BCUT2D eigenvalue weighted by molar-refractivity contribution is 5.77. The summed E-state index contributed by atoms with van der Waals surface area (Å²) in [5, 5.41) is 10.5.